The number of phosphoric acid groups is 2. The fourth-order valence-electron chi connectivity index (χ4n) is 5.11. The van der Waals surface area contributed by atoms with Gasteiger partial charge in [0.15, 0.2) is 11.9 Å². The second-order valence-corrected chi connectivity index (χ2v) is 17.0. The van der Waals surface area contributed by atoms with Crippen molar-refractivity contribution in [3.05, 3.63) is 97.2 Å². The molecule has 0 saturated heterocycles. The van der Waals surface area contributed by atoms with Gasteiger partial charge in [-0.3, -0.25) is 28.0 Å². The summed E-state index contributed by atoms with van der Waals surface area (Å²) >= 11 is 0. The summed E-state index contributed by atoms with van der Waals surface area (Å²) in [5, 5.41) is 9.74. The van der Waals surface area contributed by atoms with Gasteiger partial charge in [0.1, 0.15) is 12.7 Å². The fourth-order valence-corrected chi connectivity index (χ4v) is 6.27. The third-order valence-corrected chi connectivity index (χ3v) is 9.86. The average Bonchev–Trinajstić information content (AvgIpc) is 3.22. The van der Waals surface area contributed by atoms with E-state index < -0.39 is 66.2 Å². The standard InChI is InChI=1S/C46H74O14P2/c1-3-5-7-9-11-13-15-17-18-19-20-22-24-26-28-30-32-36-46(50)60-44(41-59-62(54,55)58-39-43(48)38-57-61(51,52)53)40-56-45(49)37-33-35-42(47)34-31-29-27-25-23-21-16-14-12-10-8-6-4-2/h5,7,11-14,17-18,20-23,27,29,31,34,43-44,48H,3-4,6,8-10,15-16,19,24-26,28,30,32-33,35-41H2,1-2H3,(H,54,55)(H2,51,52,53)/b7-5-,13-11-,14-12-,18-17-,22-20-,23-21-,29-27-,34-31+/t43-,44+/m0/s1. The van der Waals surface area contributed by atoms with Gasteiger partial charge in [0, 0.05) is 19.3 Å². The van der Waals surface area contributed by atoms with Gasteiger partial charge in [0.05, 0.1) is 19.8 Å². The quantitative estimate of drug-likeness (QED) is 0.0112. The van der Waals surface area contributed by atoms with E-state index in [2.05, 4.69) is 95.8 Å². The molecule has 0 fully saturated rings. The van der Waals surface area contributed by atoms with Crippen molar-refractivity contribution in [3.8, 4) is 0 Å². The largest absolute Gasteiger partial charge is 0.472 e. The second-order valence-electron chi connectivity index (χ2n) is 14.3. The summed E-state index contributed by atoms with van der Waals surface area (Å²) in [7, 11) is -9.77. The van der Waals surface area contributed by atoms with Gasteiger partial charge in [-0.25, -0.2) is 9.13 Å². The van der Waals surface area contributed by atoms with Crippen molar-refractivity contribution < 1.29 is 66.3 Å². The number of phosphoric ester groups is 2. The first-order chi connectivity index (χ1) is 29.8. The number of allylic oxidation sites excluding steroid dienone is 16. The topological polar surface area (TPSA) is 212 Å². The number of carbonyl (C=O) groups is 3. The summed E-state index contributed by atoms with van der Waals surface area (Å²) in [5.41, 5.74) is 0. The summed E-state index contributed by atoms with van der Waals surface area (Å²) in [5.74, 6) is -1.49. The van der Waals surface area contributed by atoms with Crippen LogP contribution in [0, 0.1) is 0 Å². The maximum Gasteiger partial charge on any atom is 0.472 e. The Morgan fingerprint density at radius 2 is 1.05 bits per heavy atom. The first kappa shape index (κ1) is 58.7. The van der Waals surface area contributed by atoms with Crippen LogP contribution in [0.25, 0.3) is 0 Å². The third-order valence-electron chi connectivity index (χ3n) is 8.42. The Bertz CT molecular complexity index is 1520. The molecular formula is C46H74O14P2. The van der Waals surface area contributed by atoms with Gasteiger partial charge in [-0.2, -0.15) is 0 Å². The van der Waals surface area contributed by atoms with E-state index in [1.165, 1.54) is 25.3 Å². The lowest BCUT2D eigenvalue weighted by atomic mass is 10.1. The Morgan fingerprint density at radius 3 is 1.65 bits per heavy atom. The number of hydrogen-bond acceptors (Lipinski definition) is 11. The van der Waals surface area contributed by atoms with Crippen LogP contribution in [-0.4, -0.2) is 76.1 Å². The molecule has 4 N–H and O–H groups in total. The first-order valence-corrected chi connectivity index (χ1v) is 24.9. The molecule has 0 aromatic carbocycles. The van der Waals surface area contributed by atoms with E-state index in [-0.39, 0.29) is 31.5 Å². The van der Waals surface area contributed by atoms with Gasteiger partial charge >= 0.3 is 27.6 Å². The number of aliphatic hydroxyl groups is 1. The lowest BCUT2D eigenvalue weighted by Crippen LogP contribution is -2.30. The molecule has 0 aromatic rings. The lowest BCUT2D eigenvalue weighted by molar-refractivity contribution is -0.161. The Balaban J connectivity index is 4.77. The Labute approximate surface area is 370 Å². The Morgan fingerprint density at radius 1 is 0.532 bits per heavy atom. The van der Waals surface area contributed by atoms with Crippen molar-refractivity contribution in [3.63, 3.8) is 0 Å². The zero-order valence-corrected chi connectivity index (χ0v) is 38.7. The van der Waals surface area contributed by atoms with Crippen molar-refractivity contribution in [1.29, 1.82) is 0 Å². The molecule has 62 heavy (non-hydrogen) atoms. The van der Waals surface area contributed by atoms with Crippen LogP contribution in [0.1, 0.15) is 136 Å². The van der Waals surface area contributed by atoms with Crippen LogP contribution in [0.5, 0.6) is 0 Å². The van der Waals surface area contributed by atoms with Crippen LogP contribution in [0.2, 0.25) is 0 Å². The van der Waals surface area contributed by atoms with E-state index in [9.17, 15) is 33.5 Å². The minimum absolute atomic E-state index is 0.0475. The highest BCUT2D eigenvalue weighted by Crippen LogP contribution is 2.43. The molecule has 352 valence electrons. The molecule has 14 nitrogen and oxygen atoms in total. The zero-order chi connectivity index (χ0) is 46.0. The Hall–Kier alpha value is -3.29. The van der Waals surface area contributed by atoms with Crippen LogP contribution in [0.4, 0.5) is 0 Å². The van der Waals surface area contributed by atoms with Gasteiger partial charge in [0.2, 0.25) is 0 Å². The molecular weight excluding hydrogens is 838 g/mol. The Kier molecular flexibility index (Phi) is 38.3. The lowest BCUT2D eigenvalue weighted by Gasteiger charge is -2.20. The van der Waals surface area contributed by atoms with E-state index in [0.29, 0.717) is 6.42 Å². The van der Waals surface area contributed by atoms with Gasteiger partial charge < -0.3 is 29.3 Å². The van der Waals surface area contributed by atoms with E-state index in [0.717, 1.165) is 70.6 Å². The third kappa shape index (κ3) is 43.4. The van der Waals surface area contributed by atoms with Crippen molar-refractivity contribution in [2.45, 2.75) is 148 Å². The van der Waals surface area contributed by atoms with E-state index in [1.807, 2.05) is 6.08 Å². The molecule has 1 unspecified atom stereocenters. The second kappa shape index (κ2) is 40.5. The molecule has 3 atom stereocenters. The van der Waals surface area contributed by atoms with E-state index in [1.54, 1.807) is 12.2 Å². The van der Waals surface area contributed by atoms with Gasteiger partial charge in [-0.1, -0.05) is 131 Å². The highest BCUT2D eigenvalue weighted by Gasteiger charge is 2.28. The number of carbonyl (C=O) groups excluding carboxylic acids is 3. The predicted octanol–water partition coefficient (Wildman–Crippen LogP) is 10.5. The molecule has 0 aliphatic carbocycles. The highest BCUT2D eigenvalue weighted by molar-refractivity contribution is 7.47. The fraction of sp³-hybridized carbons (Fsp3) is 0.587. The highest BCUT2D eigenvalue weighted by atomic mass is 31.2. The maximum absolute atomic E-state index is 12.7. The molecule has 0 aliphatic rings. The van der Waals surface area contributed by atoms with Crippen molar-refractivity contribution in [1.82, 2.24) is 0 Å². The molecule has 16 heteroatoms. The molecule has 0 rings (SSSR count). The van der Waals surface area contributed by atoms with Crippen LogP contribution in [-0.2, 0) is 46.6 Å². The monoisotopic (exact) mass is 912 g/mol. The number of ketones is 1. The minimum Gasteiger partial charge on any atom is -0.462 e. The number of ether oxygens (including phenoxy) is 2. The summed E-state index contributed by atoms with van der Waals surface area (Å²) in [6.45, 7) is 1.30. The first-order valence-electron chi connectivity index (χ1n) is 21.9. The molecule has 0 bridgehead atoms. The average molecular weight is 913 g/mol. The van der Waals surface area contributed by atoms with Crippen LogP contribution >= 0.6 is 15.6 Å². The summed E-state index contributed by atoms with van der Waals surface area (Å²) < 4.78 is 47.5. The van der Waals surface area contributed by atoms with Crippen LogP contribution in [0.15, 0.2) is 97.2 Å². The molecule has 0 spiro atoms. The summed E-state index contributed by atoms with van der Waals surface area (Å²) in [6.07, 6.45) is 44.1. The van der Waals surface area contributed by atoms with Crippen molar-refractivity contribution in [2.24, 2.45) is 0 Å². The van der Waals surface area contributed by atoms with E-state index >= 15 is 0 Å². The number of rotatable bonds is 40. The predicted molar refractivity (Wildman–Crippen MR) is 244 cm³/mol. The molecule has 0 saturated carbocycles. The molecule has 0 amide bonds. The van der Waals surface area contributed by atoms with E-state index in [4.69, 9.17) is 23.8 Å². The van der Waals surface area contributed by atoms with Crippen LogP contribution < -0.4 is 0 Å². The van der Waals surface area contributed by atoms with Crippen molar-refractivity contribution in [2.75, 3.05) is 26.4 Å². The summed E-state index contributed by atoms with van der Waals surface area (Å²) in [4.78, 5) is 64.9. The van der Waals surface area contributed by atoms with Gasteiger partial charge in [0.25, 0.3) is 0 Å². The van der Waals surface area contributed by atoms with Gasteiger partial charge in [-0.05, 0) is 83.1 Å². The zero-order valence-electron chi connectivity index (χ0n) is 36.9. The number of esters is 2. The molecule has 0 aromatic heterocycles. The van der Waals surface area contributed by atoms with Crippen LogP contribution in [0.3, 0.4) is 0 Å². The molecule has 0 heterocycles. The maximum atomic E-state index is 12.7. The molecule has 0 radical (unpaired) electrons. The summed E-state index contributed by atoms with van der Waals surface area (Å²) in [6, 6.07) is 0. The van der Waals surface area contributed by atoms with Crippen molar-refractivity contribution >= 4 is 33.4 Å². The SMILES string of the molecule is CC/C=C\C/C=C\C/C=C\C/C=C\CCCCCCC(=O)O[C@H](COC(=O)CCCC(=O)/C=C/C=C\C/C=C\C/C=C\CCCCC)COP(=O)(O)OC[C@@H](O)COP(=O)(O)O. The minimum atomic E-state index is -4.89. The molecule has 0 aliphatic heterocycles. The number of aliphatic hydroxyl groups excluding tert-OH is 1. The smallest absolute Gasteiger partial charge is 0.462 e. The van der Waals surface area contributed by atoms with Gasteiger partial charge in [-0.15, -0.1) is 0 Å². The number of unbranched alkanes of at least 4 members (excludes halogenated alkanes) is 7. The normalized spacial score (nSPS) is 14.8. The number of hydrogen-bond donors (Lipinski definition) is 4.